The first kappa shape index (κ1) is 12.6. The van der Waals surface area contributed by atoms with E-state index in [1.165, 1.54) is 0 Å². The lowest BCUT2D eigenvalue weighted by molar-refractivity contribution is 0.0924. The fourth-order valence-corrected chi connectivity index (χ4v) is 1.86. The van der Waals surface area contributed by atoms with Gasteiger partial charge in [0.15, 0.2) is 5.76 Å². The molecule has 18 heavy (non-hydrogen) atoms. The molecular weight excluding hydrogens is 228 g/mol. The monoisotopic (exact) mass is 246 g/mol. The van der Waals surface area contributed by atoms with Gasteiger partial charge in [-0.2, -0.15) is 0 Å². The zero-order valence-electron chi connectivity index (χ0n) is 11.0. The number of nitrogens with one attached hydrogen (secondary N) is 1. The minimum Gasteiger partial charge on any atom is -0.451 e. The van der Waals surface area contributed by atoms with Crippen LogP contribution in [-0.4, -0.2) is 38.0 Å². The van der Waals surface area contributed by atoms with Gasteiger partial charge in [0.2, 0.25) is 0 Å². The Labute approximate surface area is 107 Å². The topological polar surface area (TPSA) is 45.5 Å². The maximum Gasteiger partial charge on any atom is 0.287 e. The van der Waals surface area contributed by atoms with Crippen molar-refractivity contribution in [1.82, 2.24) is 10.2 Å². The van der Waals surface area contributed by atoms with E-state index in [0.717, 1.165) is 23.1 Å². The number of carbonyl (C=O) groups is 1. The number of amides is 1. The van der Waals surface area contributed by atoms with Gasteiger partial charge in [0.25, 0.3) is 5.91 Å². The molecule has 4 heteroatoms. The molecule has 0 saturated carbocycles. The summed E-state index contributed by atoms with van der Waals surface area (Å²) in [5.74, 6) is 0.264. The van der Waals surface area contributed by atoms with Crippen molar-refractivity contribution >= 4 is 16.9 Å². The summed E-state index contributed by atoms with van der Waals surface area (Å²) in [7, 11) is 3.94. The highest BCUT2D eigenvalue weighted by molar-refractivity contribution is 5.98. The molecule has 1 N–H and O–H groups in total. The summed E-state index contributed by atoms with van der Waals surface area (Å²) in [6.45, 7) is 3.33. The van der Waals surface area contributed by atoms with Crippen molar-refractivity contribution in [3.8, 4) is 0 Å². The van der Waals surface area contributed by atoms with Crippen molar-refractivity contribution in [2.75, 3.05) is 27.2 Å². The molecule has 0 saturated heterocycles. The number of rotatable bonds is 4. The number of likely N-dealkylation sites (N-methyl/N-ethyl adjacent to an activating group) is 1. The smallest absolute Gasteiger partial charge is 0.287 e. The number of nitrogens with zero attached hydrogens (tertiary/aromatic N) is 1. The number of carbonyl (C=O) groups excluding carboxylic acids is 1. The second-order valence-corrected chi connectivity index (χ2v) is 4.61. The van der Waals surface area contributed by atoms with Gasteiger partial charge in [-0.05, 0) is 27.1 Å². The summed E-state index contributed by atoms with van der Waals surface area (Å²) < 4.78 is 5.59. The zero-order chi connectivity index (χ0) is 13.1. The maximum absolute atomic E-state index is 12.0. The van der Waals surface area contributed by atoms with Crippen molar-refractivity contribution in [3.63, 3.8) is 0 Å². The summed E-state index contributed by atoms with van der Waals surface area (Å²) in [6, 6.07) is 7.68. The largest absolute Gasteiger partial charge is 0.451 e. The number of para-hydroxylation sites is 1. The van der Waals surface area contributed by atoms with Crippen LogP contribution in [0.5, 0.6) is 0 Å². The van der Waals surface area contributed by atoms with Crippen LogP contribution in [0.25, 0.3) is 11.0 Å². The number of hydrogen-bond donors (Lipinski definition) is 1. The lowest BCUT2D eigenvalue weighted by Crippen LogP contribution is -2.31. The number of fused-ring (bicyclic) bond motifs is 1. The first-order valence-corrected chi connectivity index (χ1v) is 6.00. The first-order chi connectivity index (χ1) is 8.59. The van der Waals surface area contributed by atoms with E-state index in [1.807, 2.05) is 50.2 Å². The molecule has 2 aromatic rings. The molecule has 0 fully saturated rings. The molecule has 96 valence electrons. The van der Waals surface area contributed by atoms with Gasteiger partial charge in [0.05, 0.1) is 0 Å². The van der Waals surface area contributed by atoms with E-state index >= 15 is 0 Å². The molecule has 1 heterocycles. The van der Waals surface area contributed by atoms with Gasteiger partial charge in [-0.25, -0.2) is 0 Å². The Morgan fingerprint density at radius 1 is 1.33 bits per heavy atom. The van der Waals surface area contributed by atoms with Crippen LogP contribution in [0.4, 0.5) is 0 Å². The van der Waals surface area contributed by atoms with Crippen molar-refractivity contribution in [1.29, 1.82) is 0 Å². The fourth-order valence-electron chi connectivity index (χ4n) is 1.86. The Bertz CT molecular complexity index is 558. The van der Waals surface area contributed by atoms with Gasteiger partial charge in [-0.15, -0.1) is 0 Å². The van der Waals surface area contributed by atoms with Crippen LogP contribution in [0.15, 0.2) is 28.7 Å². The van der Waals surface area contributed by atoms with E-state index in [4.69, 9.17) is 4.42 Å². The Morgan fingerprint density at radius 3 is 2.72 bits per heavy atom. The molecule has 1 aromatic heterocycles. The lowest BCUT2D eigenvalue weighted by atomic mass is 10.1. The van der Waals surface area contributed by atoms with Gasteiger partial charge in [0.1, 0.15) is 5.58 Å². The Kier molecular flexibility index (Phi) is 3.67. The fraction of sp³-hybridized carbons (Fsp3) is 0.357. The molecule has 0 radical (unpaired) electrons. The van der Waals surface area contributed by atoms with Crippen LogP contribution in [0.3, 0.4) is 0 Å². The third-order valence-electron chi connectivity index (χ3n) is 2.89. The molecule has 1 amide bonds. The number of furan rings is 1. The Hall–Kier alpha value is -1.81. The summed E-state index contributed by atoms with van der Waals surface area (Å²) in [6.07, 6.45) is 0. The van der Waals surface area contributed by atoms with Crippen LogP contribution >= 0.6 is 0 Å². The van der Waals surface area contributed by atoms with E-state index in [2.05, 4.69) is 5.32 Å². The zero-order valence-corrected chi connectivity index (χ0v) is 11.0. The average molecular weight is 246 g/mol. The molecular formula is C14H18N2O2. The van der Waals surface area contributed by atoms with Crippen LogP contribution in [0, 0.1) is 6.92 Å². The third-order valence-corrected chi connectivity index (χ3v) is 2.89. The predicted octanol–water partition coefficient (Wildman–Crippen LogP) is 2.03. The SMILES string of the molecule is Cc1c(C(=O)NCCN(C)C)oc2ccccc12. The Balaban J connectivity index is 2.15. The highest BCUT2D eigenvalue weighted by atomic mass is 16.3. The van der Waals surface area contributed by atoms with Crippen LogP contribution in [0.2, 0.25) is 0 Å². The van der Waals surface area contributed by atoms with Crippen molar-refractivity contribution in [3.05, 3.63) is 35.6 Å². The van der Waals surface area contributed by atoms with E-state index in [-0.39, 0.29) is 5.91 Å². The van der Waals surface area contributed by atoms with Crippen LogP contribution in [0.1, 0.15) is 16.1 Å². The third kappa shape index (κ3) is 2.54. The van der Waals surface area contributed by atoms with E-state index < -0.39 is 0 Å². The molecule has 0 aliphatic rings. The van der Waals surface area contributed by atoms with Crippen LogP contribution in [-0.2, 0) is 0 Å². The van der Waals surface area contributed by atoms with E-state index in [0.29, 0.717) is 12.3 Å². The lowest BCUT2D eigenvalue weighted by Gasteiger charge is -2.09. The minimum absolute atomic E-state index is 0.148. The quantitative estimate of drug-likeness (QED) is 0.897. The first-order valence-electron chi connectivity index (χ1n) is 6.00. The predicted molar refractivity (Wildman–Crippen MR) is 71.8 cm³/mol. The molecule has 0 spiro atoms. The second-order valence-electron chi connectivity index (χ2n) is 4.61. The maximum atomic E-state index is 12.0. The highest BCUT2D eigenvalue weighted by Crippen LogP contribution is 2.24. The van der Waals surface area contributed by atoms with Crippen molar-refractivity contribution in [2.45, 2.75) is 6.92 Å². The molecule has 2 rings (SSSR count). The van der Waals surface area contributed by atoms with Gasteiger partial charge >= 0.3 is 0 Å². The van der Waals surface area contributed by atoms with Crippen molar-refractivity contribution in [2.24, 2.45) is 0 Å². The summed E-state index contributed by atoms with van der Waals surface area (Å²) in [4.78, 5) is 14.0. The van der Waals surface area contributed by atoms with Crippen LogP contribution < -0.4 is 5.32 Å². The molecule has 1 aromatic carbocycles. The second kappa shape index (κ2) is 5.23. The normalized spacial score (nSPS) is 11.1. The molecule has 0 aliphatic carbocycles. The standard InChI is InChI=1S/C14H18N2O2/c1-10-11-6-4-5-7-12(11)18-13(10)14(17)15-8-9-16(2)3/h4-7H,8-9H2,1-3H3,(H,15,17). The summed E-state index contributed by atoms with van der Waals surface area (Å²) in [5.41, 5.74) is 1.65. The summed E-state index contributed by atoms with van der Waals surface area (Å²) in [5, 5.41) is 3.85. The summed E-state index contributed by atoms with van der Waals surface area (Å²) >= 11 is 0. The number of aryl methyl sites for hydroxylation is 1. The Morgan fingerprint density at radius 2 is 2.06 bits per heavy atom. The van der Waals surface area contributed by atoms with Gasteiger partial charge in [-0.3, -0.25) is 4.79 Å². The molecule has 0 unspecified atom stereocenters. The van der Waals surface area contributed by atoms with Gasteiger partial charge in [-0.1, -0.05) is 18.2 Å². The minimum atomic E-state index is -0.148. The molecule has 4 nitrogen and oxygen atoms in total. The molecule has 0 aliphatic heterocycles. The van der Waals surface area contributed by atoms with Crippen molar-refractivity contribution < 1.29 is 9.21 Å². The van der Waals surface area contributed by atoms with E-state index in [1.54, 1.807) is 0 Å². The average Bonchev–Trinajstić information content (AvgIpc) is 2.67. The number of hydrogen-bond acceptors (Lipinski definition) is 3. The molecule has 0 bridgehead atoms. The van der Waals surface area contributed by atoms with Gasteiger partial charge < -0.3 is 14.6 Å². The number of benzene rings is 1. The molecule has 0 atom stereocenters. The van der Waals surface area contributed by atoms with Gasteiger partial charge in [0, 0.05) is 24.0 Å². The highest BCUT2D eigenvalue weighted by Gasteiger charge is 2.16. The van der Waals surface area contributed by atoms with E-state index in [9.17, 15) is 4.79 Å².